The number of aliphatic hydroxyl groups is 1. The van der Waals surface area contributed by atoms with Crippen LogP contribution in [0.5, 0.6) is 0 Å². The lowest BCUT2D eigenvalue weighted by Gasteiger charge is -2.58. The van der Waals surface area contributed by atoms with E-state index < -0.39 is 6.10 Å². The lowest BCUT2D eigenvalue weighted by Crippen LogP contribution is -2.51. The van der Waals surface area contributed by atoms with Crippen molar-refractivity contribution in [2.24, 2.45) is 34.5 Å². The molecule has 0 amide bonds. The van der Waals surface area contributed by atoms with Crippen LogP contribution >= 0.6 is 0 Å². The lowest BCUT2D eigenvalue weighted by molar-refractivity contribution is -0.117. The molecule has 4 aliphatic carbocycles. The fourth-order valence-electron chi connectivity index (χ4n) is 6.94. The van der Waals surface area contributed by atoms with Crippen molar-refractivity contribution in [3.05, 3.63) is 11.6 Å². The Morgan fingerprint density at radius 3 is 2.77 bits per heavy atom. The Balaban J connectivity index is 1.69. The van der Waals surface area contributed by atoms with E-state index in [9.17, 15) is 9.90 Å². The summed E-state index contributed by atoms with van der Waals surface area (Å²) in [5.41, 5.74) is 2.22. The summed E-state index contributed by atoms with van der Waals surface area (Å²) in [6.07, 6.45) is 12.8. The van der Waals surface area contributed by atoms with E-state index in [0.29, 0.717) is 5.41 Å². The molecule has 2 unspecified atom stereocenters. The topological polar surface area (TPSA) is 37.3 Å². The van der Waals surface area contributed by atoms with E-state index in [0.717, 1.165) is 36.9 Å². The van der Waals surface area contributed by atoms with Crippen LogP contribution in [0.4, 0.5) is 0 Å². The minimum absolute atomic E-state index is 0.164. The van der Waals surface area contributed by atoms with Crippen LogP contribution < -0.4 is 0 Å². The molecule has 0 radical (unpaired) electrons. The fourth-order valence-corrected chi connectivity index (χ4v) is 6.94. The number of aldehydes is 1. The summed E-state index contributed by atoms with van der Waals surface area (Å²) in [5.74, 6) is 2.31. The number of carbonyl (C=O) groups excluding carboxylic acids is 1. The Hall–Kier alpha value is -0.630. The molecule has 7 atom stereocenters. The van der Waals surface area contributed by atoms with Crippen LogP contribution in [0.3, 0.4) is 0 Å². The van der Waals surface area contributed by atoms with Gasteiger partial charge in [0, 0.05) is 5.92 Å². The second-order valence-electron chi connectivity index (χ2n) is 9.10. The summed E-state index contributed by atoms with van der Waals surface area (Å²) in [5, 5.41) is 10.2. The van der Waals surface area contributed by atoms with E-state index in [1.54, 1.807) is 0 Å². The van der Waals surface area contributed by atoms with Gasteiger partial charge in [0.25, 0.3) is 0 Å². The number of allylic oxidation sites excluding steroid dienone is 1. The Morgan fingerprint density at radius 1 is 1.18 bits per heavy atom. The van der Waals surface area contributed by atoms with Crippen LogP contribution in [0, 0.1) is 34.5 Å². The van der Waals surface area contributed by atoms with Gasteiger partial charge in [0.05, 0.1) is 6.10 Å². The van der Waals surface area contributed by atoms with Gasteiger partial charge in [-0.1, -0.05) is 31.9 Å². The third-order valence-corrected chi connectivity index (χ3v) is 8.16. The Bertz CT molecular complexity index is 510. The van der Waals surface area contributed by atoms with Gasteiger partial charge in [0.1, 0.15) is 6.29 Å². The molecule has 4 rings (SSSR count). The van der Waals surface area contributed by atoms with Crippen LogP contribution in [-0.2, 0) is 4.79 Å². The monoisotopic (exact) mass is 302 g/mol. The van der Waals surface area contributed by atoms with E-state index in [1.165, 1.54) is 44.1 Å². The third kappa shape index (κ3) is 1.92. The number of aliphatic hydroxyl groups excluding tert-OH is 1. The summed E-state index contributed by atoms with van der Waals surface area (Å²) in [6, 6.07) is 0. The van der Waals surface area contributed by atoms with Gasteiger partial charge in [-0.2, -0.15) is 0 Å². The first kappa shape index (κ1) is 14.9. The van der Waals surface area contributed by atoms with Crippen molar-refractivity contribution in [2.45, 2.75) is 71.3 Å². The molecule has 0 aromatic heterocycles. The maximum atomic E-state index is 11.4. The van der Waals surface area contributed by atoms with Crippen molar-refractivity contribution in [2.75, 3.05) is 0 Å². The quantitative estimate of drug-likeness (QED) is 0.584. The van der Waals surface area contributed by atoms with Crippen molar-refractivity contribution in [1.82, 2.24) is 0 Å². The Kier molecular flexibility index (Phi) is 3.35. The first-order chi connectivity index (χ1) is 10.5. The largest absolute Gasteiger partial charge is 0.388 e. The van der Waals surface area contributed by atoms with E-state index in [4.69, 9.17) is 0 Å². The average molecular weight is 302 g/mol. The maximum absolute atomic E-state index is 11.4. The van der Waals surface area contributed by atoms with Gasteiger partial charge in [0.2, 0.25) is 0 Å². The zero-order valence-corrected chi connectivity index (χ0v) is 14.1. The molecule has 0 aromatic carbocycles. The number of fused-ring (bicyclic) bond motifs is 5. The molecule has 0 aromatic rings. The van der Waals surface area contributed by atoms with Gasteiger partial charge in [-0.25, -0.2) is 0 Å². The molecule has 0 bridgehead atoms. The molecular formula is C20H30O2. The van der Waals surface area contributed by atoms with Crippen LogP contribution in [0.1, 0.15) is 65.2 Å². The molecule has 3 fully saturated rings. The van der Waals surface area contributed by atoms with Crippen molar-refractivity contribution >= 4 is 6.29 Å². The Labute approximate surface area is 134 Å². The van der Waals surface area contributed by atoms with Crippen LogP contribution in [0.2, 0.25) is 0 Å². The average Bonchev–Trinajstić information content (AvgIpc) is 2.89. The van der Waals surface area contributed by atoms with E-state index >= 15 is 0 Å². The molecule has 22 heavy (non-hydrogen) atoms. The van der Waals surface area contributed by atoms with E-state index in [1.807, 2.05) is 6.08 Å². The smallest absolute Gasteiger partial charge is 0.126 e. The van der Waals surface area contributed by atoms with Crippen molar-refractivity contribution in [3.8, 4) is 0 Å². The number of rotatable bonds is 1. The predicted molar refractivity (Wildman–Crippen MR) is 87.3 cm³/mol. The second-order valence-corrected chi connectivity index (χ2v) is 9.10. The van der Waals surface area contributed by atoms with Crippen molar-refractivity contribution in [3.63, 3.8) is 0 Å². The first-order valence-electron chi connectivity index (χ1n) is 9.32. The molecule has 1 N–H and O–H groups in total. The highest BCUT2D eigenvalue weighted by molar-refractivity contribution is 5.56. The summed E-state index contributed by atoms with van der Waals surface area (Å²) in [4.78, 5) is 11.4. The lowest BCUT2D eigenvalue weighted by atomic mass is 9.47. The van der Waals surface area contributed by atoms with Gasteiger partial charge >= 0.3 is 0 Å². The molecule has 4 aliphatic rings. The van der Waals surface area contributed by atoms with Crippen molar-refractivity contribution < 1.29 is 9.90 Å². The van der Waals surface area contributed by atoms with Gasteiger partial charge in [-0.05, 0) is 73.5 Å². The highest BCUT2D eigenvalue weighted by atomic mass is 16.3. The summed E-state index contributed by atoms with van der Waals surface area (Å²) >= 11 is 0. The van der Waals surface area contributed by atoms with Crippen LogP contribution in [-0.4, -0.2) is 17.5 Å². The highest BCUT2D eigenvalue weighted by Crippen LogP contribution is 2.65. The van der Waals surface area contributed by atoms with E-state index in [2.05, 4.69) is 13.8 Å². The first-order valence-corrected chi connectivity index (χ1v) is 9.32. The SMILES string of the molecule is C[C@@]12CCC[C@H]1[C@@H]1CCC3=CC(O)C(C=O)C[C@]3(C)[C@@H]1CC2. The molecule has 2 nitrogen and oxygen atoms in total. The molecule has 0 saturated heterocycles. The van der Waals surface area contributed by atoms with Gasteiger partial charge < -0.3 is 9.90 Å². The highest BCUT2D eigenvalue weighted by Gasteiger charge is 2.56. The molecule has 0 aliphatic heterocycles. The molecule has 0 heterocycles. The molecule has 2 heteroatoms. The van der Waals surface area contributed by atoms with Gasteiger partial charge in [0.15, 0.2) is 0 Å². The van der Waals surface area contributed by atoms with Crippen LogP contribution in [0.25, 0.3) is 0 Å². The molecule has 0 spiro atoms. The minimum Gasteiger partial charge on any atom is -0.388 e. The predicted octanol–water partition coefficient (Wildman–Crippen LogP) is 4.13. The molecule has 122 valence electrons. The number of carbonyl (C=O) groups is 1. The van der Waals surface area contributed by atoms with Gasteiger partial charge in [-0.3, -0.25) is 0 Å². The molecular weight excluding hydrogens is 272 g/mol. The normalized spacial score (nSPS) is 54.0. The fraction of sp³-hybridized carbons (Fsp3) is 0.850. The second kappa shape index (κ2) is 4.93. The van der Waals surface area contributed by atoms with Gasteiger partial charge in [-0.15, -0.1) is 0 Å². The summed E-state index contributed by atoms with van der Waals surface area (Å²) < 4.78 is 0. The number of hydrogen-bond donors (Lipinski definition) is 1. The van der Waals surface area contributed by atoms with Crippen LogP contribution in [0.15, 0.2) is 11.6 Å². The minimum atomic E-state index is -0.544. The van der Waals surface area contributed by atoms with Crippen molar-refractivity contribution in [1.29, 1.82) is 0 Å². The number of hydrogen-bond acceptors (Lipinski definition) is 2. The zero-order chi connectivity index (χ0) is 15.5. The van der Waals surface area contributed by atoms with E-state index in [-0.39, 0.29) is 11.3 Å². The zero-order valence-electron chi connectivity index (χ0n) is 14.1. The third-order valence-electron chi connectivity index (χ3n) is 8.16. The Morgan fingerprint density at radius 2 is 2.00 bits per heavy atom. The maximum Gasteiger partial charge on any atom is 0.126 e. The standard InChI is InChI=1S/C20H30O2/c1-19-8-3-4-16(19)15-6-5-14-10-18(22)13(12-21)11-20(14,2)17(15)7-9-19/h10,12-13,15-18,22H,3-9,11H2,1-2H3/t13?,15-,16-,17+,18?,19-,20-/m0/s1. The molecule has 3 saturated carbocycles. The summed E-state index contributed by atoms with van der Waals surface area (Å²) in [7, 11) is 0. The summed E-state index contributed by atoms with van der Waals surface area (Å²) in [6.45, 7) is 4.93.